The lowest BCUT2D eigenvalue weighted by Gasteiger charge is -2.29. The smallest absolute Gasteiger partial charge is 0.311 e. The highest BCUT2D eigenvalue weighted by atomic mass is 35.5. The molecule has 0 saturated carbocycles. The molecule has 0 aliphatic rings. The van der Waals surface area contributed by atoms with E-state index in [1.165, 1.54) is 30.2 Å². The van der Waals surface area contributed by atoms with Crippen molar-refractivity contribution in [3.8, 4) is 11.5 Å². The van der Waals surface area contributed by atoms with Crippen LogP contribution in [-0.2, 0) is 16.1 Å². The second-order valence-corrected chi connectivity index (χ2v) is 8.28. The fraction of sp³-hybridized carbons (Fsp3) is 0.391. The molecule has 0 radical (unpaired) electrons. The van der Waals surface area contributed by atoms with Gasteiger partial charge < -0.3 is 19.7 Å². The van der Waals surface area contributed by atoms with Gasteiger partial charge in [0.25, 0.3) is 5.91 Å². The first-order valence-corrected chi connectivity index (χ1v) is 10.8. The molecule has 0 aliphatic heterocycles. The molecule has 9 nitrogen and oxygen atoms in total. The molecule has 10 heteroatoms. The van der Waals surface area contributed by atoms with Gasteiger partial charge in [-0.25, -0.2) is 0 Å². The van der Waals surface area contributed by atoms with Gasteiger partial charge in [0, 0.05) is 30.2 Å². The number of carbonyl (C=O) groups is 2. The van der Waals surface area contributed by atoms with Crippen LogP contribution in [0.2, 0.25) is 5.02 Å². The monoisotopic (exact) mass is 477 g/mol. The summed E-state index contributed by atoms with van der Waals surface area (Å²) < 4.78 is 10.6. The van der Waals surface area contributed by atoms with Crippen molar-refractivity contribution in [2.45, 2.75) is 33.4 Å². The van der Waals surface area contributed by atoms with Crippen molar-refractivity contribution in [3.05, 3.63) is 63.2 Å². The maximum atomic E-state index is 13.1. The molecule has 0 bridgehead atoms. The number of benzene rings is 2. The first-order valence-electron chi connectivity index (χ1n) is 10.4. The molecule has 2 aromatic rings. The summed E-state index contributed by atoms with van der Waals surface area (Å²) in [7, 11) is 1.31. The zero-order chi connectivity index (χ0) is 24.5. The number of halogens is 1. The highest BCUT2D eigenvalue weighted by Crippen LogP contribution is 2.30. The summed E-state index contributed by atoms with van der Waals surface area (Å²) in [4.78, 5) is 37.6. The van der Waals surface area contributed by atoms with Gasteiger partial charge >= 0.3 is 5.69 Å². The number of nitrogens with one attached hydrogen (secondary N) is 1. The Balaban J connectivity index is 2.17. The van der Waals surface area contributed by atoms with Crippen LogP contribution < -0.4 is 14.8 Å². The average Bonchev–Trinajstić information content (AvgIpc) is 2.79. The molecule has 1 atom stereocenters. The topological polar surface area (TPSA) is 111 Å². The minimum absolute atomic E-state index is 0.0180. The minimum atomic E-state index is -0.748. The van der Waals surface area contributed by atoms with Gasteiger partial charge in [-0.15, -0.1) is 0 Å². The standard InChI is InChI=1S/C23H28ClN3O6/c1-15(2)12-25-23(29)16(3)26(13-17-5-7-18(24)8-6-17)22(28)14-33-19-9-10-20(27(30)31)21(11-19)32-4/h5-11,15-16H,12-14H2,1-4H3,(H,25,29). The third-order valence-electron chi connectivity index (χ3n) is 4.83. The first-order chi connectivity index (χ1) is 15.6. The number of hydrogen-bond donors (Lipinski definition) is 1. The van der Waals surface area contributed by atoms with Gasteiger partial charge in [-0.05, 0) is 36.6 Å². The Morgan fingerprint density at radius 2 is 1.82 bits per heavy atom. The fourth-order valence-corrected chi connectivity index (χ4v) is 3.07. The molecule has 0 heterocycles. The Morgan fingerprint density at radius 3 is 2.39 bits per heavy atom. The van der Waals surface area contributed by atoms with Gasteiger partial charge in [0.1, 0.15) is 11.8 Å². The van der Waals surface area contributed by atoms with Crippen molar-refractivity contribution in [1.82, 2.24) is 10.2 Å². The number of nitro groups is 1. The SMILES string of the molecule is COc1cc(OCC(=O)N(Cc2ccc(Cl)cc2)C(C)C(=O)NCC(C)C)ccc1[N+](=O)[O-]. The summed E-state index contributed by atoms with van der Waals surface area (Å²) in [6.45, 7) is 5.92. The van der Waals surface area contributed by atoms with E-state index in [1.54, 1.807) is 31.2 Å². The number of carbonyl (C=O) groups excluding carboxylic acids is 2. The molecule has 1 unspecified atom stereocenters. The minimum Gasteiger partial charge on any atom is -0.490 e. The van der Waals surface area contributed by atoms with Crippen LogP contribution in [0.25, 0.3) is 0 Å². The predicted octanol–water partition coefficient (Wildman–Crippen LogP) is 3.83. The molecule has 1 N–H and O–H groups in total. The predicted molar refractivity (Wildman–Crippen MR) is 124 cm³/mol. The van der Waals surface area contributed by atoms with Gasteiger partial charge in [-0.2, -0.15) is 0 Å². The maximum Gasteiger partial charge on any atom is 0.311 e. The summed E-state index contributed by atoms with van der Waals surface area (Å²) in [5.41, 5.74) is 0.587. The Hall–Kier alpha value is -3.33. The van der Waals surface area contributed by atoms with Crippen LogP contribution >= 0.6 is 11.6 Å². The normalized spacial score (nSPS) is 11.6. The van der Waals surface area contributed by atoms with Crippen molar-refractivity contribution < 1.29 is 24.0 Å². The largest absolute Gasteiger partial charge is 0.490 e. The van der Waals surface area contributed by atoms with Gasteiger partial charge in [0.05, 0.1) is 12.0 Å². The molecule has 178 valence electrons. The summed E-state index contributed by atoms with van der Waals surface area (Å²) in [6, 6.07) is 10.2. The van der Waals surface area contributed by atoms with Crippen LogP contribution in [0.15, 0.2) is 42.5 Å². The van der Waals surface area contributed by atoms with E-state index < -0.39 is 16.9 Å². The van der Waals surface area contributed by atoms with Crippen LogP contribution in [0.3, 0.4) is 0 Å². The molecular formula is C23H28ClN3O6. The number of nitro benzene ring substituents is 1. The van der Waals surface area contributed by atoms with Crippen molar-refractivity contribution in [1.29, 1.82) is 0 Å². The van der Waals surface area contributed by atoms with Crippen molar-refractivity contribution in [3.63, 3.8) is 0 Å². The Morgan fingerprint density at radius 1 is 1.15 bits per heavy atom. The molecule has 33 heavy (non-hydrogen) atoms. The molecule has 2 rings (SSSR count). The van der Waals surface area contributed by atoms with E-state index in [4.69, 9.17) is 21.1 Å². The lowest BCUT2D eigenvalue weighted by molar-refractivity contribution is -0.385. The number of rotatable bonds is 11. The molecule has 0 fully saturated rings. The lowest BCUT2D eigenvalue weighted by atomic mass is 10.1. The molecule has 0 aromatic heterocycles. The van der Waals surface area contributed by atoms with Gasteiger partial charge in [-0.3, -0.25) is 19.7 Å². The molecule has 0 aliphatic carbocycles. The van der Waals surface area contributed by atoms with E-state index in [0.717, 1.165) is 5.56 Å². The quantitative estimate of drug-likeness (QED) is 0.389. The van der Waals surface area contributed by atoms with Crippen LogP contribution in [0.1, 0.15) is 26.3 Å². The van der Waals surface area contributed by atoms with E-state index in [2.05, 4.69) is 5.32 Å². The zero-order valence-electron chi connectivity index (χ0n) is 19.0. The van der Waals surface area contributed by atoms with Gasteiger partial charge in [0.15, 0.2) is 6.61 Å². The van der Waals surface area contributed by atoms with E-state index in [0.29, 0.717) is 11.6 Å². The molecule has 2 amide bonds. The maximum absolute atomic E-state index is 13.1. The molecule has 0 saturated heterocycles. The highest BCUT2D eigenvalue weighted by molar-refractivity contribution is 6.30. The Bertz CT molecular complexity index is 981. The third kappa shape index (κ3) is 7.64. The van der Waals surface area contributed by atoms with E-state index in [1.807, 2.05) is 13.8 Å². The van der Waals surface area contributed by atoms with Gasteiger partial charge in [-0.1, -0.05) is 37.6 Å². The Labute approximate surface area is 197 Å². The lowest BCUT2D eigenvalue weighted by Crippen LogP contribution is -2.49. The van der Waals surface area contributed by atoms with E-state index in [9.17, 15) is 19.7 Å². The number of hydrogen-bond acceptors (Lipinski definition) is 6. The van der Waals surface area contributed by atoms with E-state index in [-0.39, 0.29) is 42.2 Å². The molecule has 2 aromatic carbocycles. The number of amides is 2. The summed E-state index contributed by atoms with van der Waals surface area (Å²) in [5.74, 6) is -0.182. The Kier molecular flexibility index (Phi) is 9.47. The summed E-state index contributed by atoms with van der Waals surface area (Å²) >= 11 is 5.95. The number of nitrogens with zero attached hydrogens (tertiary/aromatic N) is 2. The first kappa shape index (κ1) is 25.9. The van der Waals surface area contributed by atoms with Crippen LogP contribution in [-0.4, -0.2) is 47.9 Å². The average molecular weight is 478 g/mol. The second kappa shape index (κ2) is 12.1. The molecule has 0 spiro atoms. The summed E-state index contributed by atoms with van der Waals surface area (Å²) in [6.07, 6.45) is 0. The van der Waals surface area contributed by atoms with Gasteiger partial charge in [0.2, 0.25) is 11.7 Å². The third-order valence-corrected chi connectivity index (χ3v) is 5.08. The second-order valence-electron chi connectivity index (χ2n) is 7.84. The zero-order valence-corrected chi connectivity index (χ0v) is 19.8. The van der Waals surface area contributed by atoms with E-state index >= 15 is 0 Å². The van der Waals surface area contributed by atoms with Crippen LogP contribution in [0, 0.1) is 16.0 Å². The van der Waals surface area contributed by atoms with Crippen molar-refractivity contribution in [2.24, 2.45) is 5.92 Å². The number of methoxy groups -OCH3 is 1. The fourth-order valence-electron chi connectivity index (χ4n) is 2.95. The number of ether oxygens (including phenoxy) is 2. The van der Waals surface area contributed by atoms with Crippen molar-refractivity contribution in [2.75, 3.05) is 20.3 Å². The highest BCUT2D eigenvalue weighted by Gasteiger charge is 2.27. The summed E-state index contributed by atoms with van der Waals surface area (Å²) in [5, 5.41) is 14.5. The van der Waals surface area contributed by atoms with Crippen LogP contribution in [0.4, 0.5) is 5.69 Å². The van der Waals surface area contributed by atoms with Crippen molar-refractivity contribution >= 4 is 29.1 Å². The van der Waals surface area contributed by atoms with Crippen LogP contribution in [0.5, 0.6) is 11.5 Å². The molecular weight excluding hydrogens is 450 g/mol.